The lowest BCUT2D eigenvalue weighted by molar-refractivity contribution is 0.0841. The van der Waals surface area contributed by atoms with E-state index in [1.54, 1.807) is 16.2 Å². The van der Waals surface area contributed by atoms with Crippen molar-refractivity contribution in [1.29, 1.82) is 0 Å². The molecule has 0 atom stereocenters. The Balaban J connectivity index is 0.00000320. The molecular weight excluding hydrogens is 508 g/mol. The largest absolute Gasteiger partial charge is 0.449 e. The zero-order chi connectivity index (χ0) is 24.7. The number of fused-ring (bicyclic) bond motifs is 1. The Bertz CT molecular complexity index is 1310. The highest BCUT2D eigenvalue weighted by Crippen LogP contribution is 2.25. The number of H-pyrrole nitrogens is 1. The zero-order valence-corrected chi connectivity index (χ0v) is 22.4. The molecule has 0 unspecified atom stereocenters. The van der Waals surface area contributed by atoms with Gasteiger partial charge in [0.2, 0.25) is 0 Å². The SMILES string of the molecule is Cl.O=C(OCCCN(Cc1ccccc1)Cc1cccs1)N1CCC(n2c(=O)[nH]c3ccccc32)CC1. The van der Waals surface area contributed by atoms with Crippen LogP contribution in [-0.2, 0) is 17.8 Å². The number of imidazole rings is 1. The summed E-state index contributed by atoms with van der Waals surface area (Å²) in [6, 6.07) is 22.5. The summed E-state index contributed by atoms with van der Waals surface area (Å²) in [7, 11) is 0. The number of amides is 1. The maximum absolute atomic E-state index is 12.7. The van der Waals surface area contributed by atoms with Gasteiger partial charge in [-0.3, -0.25) is 9.47 Å². The van der Waals surface area contributed by atoms with E-state index in [0.717, 1.165) is 49.9 Å². The summed E-state index contributed by atoms with van der Waals surface area (Å²) in [4.78, 5) is 33.6. The summed E-state index contributed by atoms with van der Waals surface area (Å²) in [6.07, 6.45) is 2.00. The fourth-order valence-corrected chi connectivity index (χ4v) is 5.71. The van der Waals surface area contributed by atoms with Gasteiger partial charge in [0.25, 0.3) is 0 Å². The van der Waals surface area contributed by atoms with Crippen molar-refractivity contribution in [3.63, 3.8) is 0 Å². The summed E-state index contributed by atoms with van der Waals surface area (Å²) in [5.74, 6) is 0. The number of rotatable bonds is 9. The normalized spacial score (nSPS) is 14.1. The van der Waals surface area contributed by atoms with E-state index in [1.807, 2.05) is 34.9 Å². The molecule has 7 nitrogen and oxygen atoms in total. The van der Waals surface area contributed by atoms with Crippen molar-refractivity contribution in [2.24, 2.45) is 0 Å². The first-order valence-electron chi connectivity index (χ1n) is 12.6. The number of hydrogen-bond acceptors (Lipinski definition) is 5. The number of benzene rings is 2. The van der Waals surface area contributed by atoms with Gasteiger partial charge in [-0.15, -0.1) is 23.7 Å². The molecule has 0 radical (unpaired) electrons. The molecule has 5 rings (SSSR count). The van der Waals surface area contributed by atoms with Gasteiger partial charge in [0.1, 0.15) is 0 Å². The van der Waals surface area contributed by atoms with Crippen molar-refractivity contribution in [2.75, 3.05) is 26.2 Å². The number of para-hydroxylation sites is 2. The number of hydrogen-bond donors (Lipinski definition) is 1. The number of carbonyl (C=O) groups excluding carboxylic acids is 1. The maximum atomic E-state index is 12.7. The molecular formula is C28H33ClN4O3S. The zero-order valence-electron chi connectivity index (χ0n) is 20.8. The molecule has 9 heteroatoms. The van der Waals surface area contributed by atoms with Crippen LogP contribution in [0.2, 0.25) is 0 Å². The van der Waals surface area contributed by atoms with Crippen LogP contribution in [0.1, 0.15) is 35.7 Å². The third-order valence-electron chi connectivity index (χ3n) is 6.76. The third kappa shape index (κ3) is 6.83. The van der Waals surface area contributed by atoms with Crippen LogP contribution >= 0.6 is 23.7 Å². The van der Waals surface area contributed by atoms with Crippen molar-refractivity contribution in [2.45, 2.75) is 38.4 Å². The lowest BCUT2D eigenvalue weighted by Crippen LogP contribution is -2.41. The number of halogens is 1. The molecule has 0 bridgehead atoms. The van der Waals surface area contributed by atoms with E-state index < -0.39 is 0 Å². The first-order chi connectivity index (χ1) is 17.7. The average Bonchev–Trinajstić information content (AvgIpc) is 3.54. The molecule has 1 aliphatic rings. The minimum atomic E-state index is -0.257. The predicted molar refractivity (Wildman–Crippen MR) is 150 cm³/mol. The van der Waals surface area contributed by atoms with Crippen LogP contribution in [0.3, 0.4) is 0 Å². The fraction of sp³-hybridized carbons (Fsp3) is 0.357. The van der Waals surface area contributed by atoms with Gasteiger partial charge in [-0.25, -0.2) is 9.59 Å². The van der Waals surface area contributed by atoms with Gasteiger partial charge >= 0.3 is 11.8 Å². The molecule has 0 aliphatic carbocycles. The van der Waals surface area contributed by atoms with Crippen LogP contribution in [0, 0.1) is 0 Å². The molecule has 0 saturated carbocycles. The van der Waals surface area contributed by atoms with Gasteiger partial charge < -0.3 is 14.6 Å². The van der Waals surface area contributed by atoms with Crippen LogP contribution in [0.4, 0.5) is 4.79 Å². The number of piperidine rings is 1. The summed E-state index contributed by atoms with van der Waals surface area (Å²) in [5, 5.41) is 2.11. The van der Waals surface area contributed by atoms with E-state index in [9.17, 15) is 9.59 Å². The Morgan fingerprint density at radius 2 is 1.76 bits per heavy atom. The smallest absolute Gasteiger partial charge is 0.409 e. The lowest BCUT2D eigenvalue weighted by atomic mass is 10.0. The van der Waals surface area contributed by atoms with Gasteiger partial charge in [-0.1, -0.05) is 48.5 Å². The molecule has 4 aromatic rings. The quantitative estimate of drug-likeness (QED) is 0.277. The van der Waals surface area contributed by atoms with Gasteiger partial charge in [-0.05, 0) is 48.4 Å². The molecule has 3 heterocycles. The van der Waals surface area contributed by atoms with Gasteiger partial charge in [0.05, 0.1) is 17.6 Å². The highest BCUT2D eigenvalue weighted by molar-refractivity contribution is 7.09. The second-order valence-corrected chi connectivity index (χ2v) is 10.3. The fourth-order valence-electron chi connectivity index (χ4n) is 4.96. The average molecular weight is 541 g/mol. The molecule has 2 aromatic carbocycles. The van der Waals surface area contributed by atoms with Gasteiger partial charge in [0, 0.05) is 43.6 Å². The van der Waals surface area contributed by atoms with Gasteiger partial charge in [0.15, 0.2) is 0 Å². The summed E-state index contributed by atoms with van der Waals surface area (Å²) >= 11 is 1.77. The lowest BCUT2D eigenvalue weighted by Gasteiger charge is -2.32. The van der Waals surface area contributed by atoms with Crippen LogP contribution in [0.25, 0.3) is 11.0 Å². The van der Waals surface area contributed by atoms with Crippen molar-refractivity contribution < 1.29 is 9.53 Å². The van der Waals surface area contributed by atoms with E-state index >= 15 is 0 Å². The van der Waals surface area contributed by atoms with Crippen molar-refractivity contribution in [3.05, 3.63) is 93.0 Å². The topological polar surface area (TPSA) is 70.6 Å². The number of nitrogens with zero attached hydrogens (tertiary/aromatic N) is 3. The minimum absolute atomic E-state index is 0. The number of thiophene rings is 1. The van der Waals surface area contributed by atoms with E-state index in [1.165, 1.54) is 10.4 Å². The highest BCUT2D eigenvalue weighted by atomic mass is 35.5. The summed E-state index contributed by atoms with van der Waals surface area (Å²) < 4.78 is 7.47. The Hall–Kier alpha value is -3.07. The van der Waals surface area contributed by atoms with Crippen LogP contribution in [0.5, 0.6) is 0 Å². The summed E-state index contributed by atoms with van der Waals surface area (Å²) in [6.45, 7) is 4.19. The van der Waals surface area contributed by atoms with Crippen LogP contribution in [-0.4, -0.2) is 51.7 Å². The Kier molecular flexibility index (Phi) is 9.44. The molecule has 1 saturated heterocycles. The van der Waals surface area contributed by atoms with E-state index in [-0.39, 0.29) is 30.2 Å². The van der Waals surface area contributed by atoms with E-state index in [4.69, 9.17) is 4.74 Å². The maximum Gasteiger partial charge on any atom is 0.409 e. The Morgan fingerprint density at radius 3 is 2.51 bits per heavy atom. The van der Waals surface area contributed by atoms with Crippen LogP contribution in [0.15, 0.2) is 76.9 Å². The van der Waals surface area contributed by atoms with E-state index in [2.05, 4.69) is 51.7 Å². The molecule has 1 aliphatic heterocycles. The first kappa shape index (κ1) is 27.0. The number of nitrogens with one attached hydrogen (secondary N) is 1. The molecule has 1 fully saturated rings. The number of aromatic nitrogens is 2. The second kappa shape index (κ2) is 12.9. The molecule has 1 N–H and O–H groups in total. The second-order valence-electron chi connectivity index (χ2n) is 9.28. The van der Waals surface area contributed by atoms with Gasteiger partial charge in [-0.2, -0.15) is 0 Å². The third-order valence-corrected chi connectivity index (χ3v) is 7.63. The van der Waals surface area contributed by atoms with Crippen LogP contribution < -0.4 is 5.69 Å². The number of carbonyl (C=O) groups is 1. The minimum Gasteiger partial charge on any atom is -0.449 e. The van der Waals surface area contributed by atoms with Crippen molar-refractivity contribution in [3.8, 4) is 0 Å². The number of aromatic amines is 1. The number of ether oxygens (including phenoxy) is 1. The molecule has 0 spiro atoms. The molecule has 196 valence electrons. The first-order valence-corrected chi connectivity index (χ1v) is 13.4. The Labute approximate surface area is 227 Å². The molecule has 1 amide bonds. The predicted octanol–water partition coefficient (Wildman–Crippen LogP) is 5.68. The van der Waals surface area contributed by atoms with Crippen molar-refractivity contribution in [1.82, 2.24) is 19.4 Å². The number of likely N-dealkylation sites (tertiary alicyclic amines) is 1. The van der Waals surface area contributed by atoms with Crippen molar-refractivity contribution >= 4 is 40.9 Å². The molecule has 2 aromatic heterocycles. The Morgan fingerprint density at radius 1 is 1.00 bits per heavy atom. The highest BCUT2D eigenvalue weighted by Gasteiger charge is 2.26. The summed E-state index contributed by atoms with van der Waals surface area (Å²) in [5.41, 5.74) is 2.97. The monoisotopic (exact) mass is 540 g/mol. The van der Waals surface area contributed by atoms with E-state index in [0.29, 0.717) is 19.7 Å². The molecule has 37 heavy (non-hydrogen) atoms. The standard InChI is InChI=1S/C28H32N4O3S.ClH/c33-27-29-25-11-4-5-12-26(25)32(27)23-13-16-31(17-14-23)28(34)35-18-7-15-30(21-24-10-6-19-36-24)20-22-8-2-1-3-9-22;/h1-6,8-12,19,23H,7,13-18,20-21H2,(H,29,33);1H.